The SMILES string of the molecule is CN1CCN(C(=O)C2CCC(C(=O)Nc3ccc(Cl)c(Cl)c3)CC2)CC1. The predicted molar refractivity (Wildman–Crippen MR) is 105 cm³/mol. The number of anilines is 1. The minimum Gasteiger partial charge on any atom is -0.340 e. The number of carbonyl (C=O) groups excluding carboxylic acids is 2. The highest BCUT2D eigenvalue weighted by molar-refractivity contribution is 6.42. The zero-order valence-electron chi connectivity index (χ0n) is 15.0. The normalized spacial score (nSPS) is 24.3. The van der Waals surface area contributed by atoms with Crippen LogP contribution in [0.2, 0.25) is 10.0 Å². The number of piperazine rings is 1. The lowest BCUT2D eigenvalue weighted by Crippen LogP contribution is -2.49. The van der Waals surface area contributed by atoms with E-state index >= 15 is 0 Å². The molecule has 3 rings (SSSR count). The van der Waals surface area contributed by atoms with Gasteiger partial charge < -0.3 is 15.1 Å². The first-order chi connectivity index (χ1) is 12.4. The summed E-state index contributed by atoms with van der Waals surface area (Å²) < 4.78 is 0. The van der Waals surface area contributed by atoms with E-state index in [0.29, 0.717) is 15.7 Å². The third kappa shape index (κ3) is 4.70. The molecule has 0 aromatic heterocycles. The summed E-state index contributed by atoms with van der Waals surface area (Å²) in [6, 6.07) is 5.07. The van der Waals surface area contributed by atoms with Crippen molar-refractivity contribution in [3.05, 3.63) is 28.2 Å². The lowest BCUT2D eigenvalue weighted by atomic mass is 9.80. The standard InChI is InChI=1S/C19H25Cl2N3O2/c1-23-8-10-24(11-9-23)19(26)14-4-2-13(3-5-14)18(25)22-15-6-7-16(20)17(21)12-15/h6-7,12-14H,2-5,8-11H2,1H3,(H,22,25). The summed E-state index contributed by atoms with van der Waals surface area (Å²) >= 11 is 11.9. The molecule has 7 heteroatoms. The van der Waals surface area contributed by atoms with E-state index in [9.17, 15) is 9.59 Å². The molecule has 1 saturated carbocycles. The number of benzene rings is 1. The van der Waals surface area contributed by atoms with Gasteiger partial charge >= 0.3 is 0 Å². The van der Waals surface area contributed by atoms with E-state index < -0.39 is 0 Å². The smallest absolute Gasteiger partial charge is 0.227 e. The second kappa shape index (κ2) is 8.59. The summed E-state index contributed by atoms with van der Waals surface area (Å²) in [6.07, 6.45) is 3.06. The number of rotatable bonds is 3. The van der Waals surface area contributed by atoms with Crippen molar-refractivity contribution in [2.24, 2.45) is 11.8 Å². The van der Waals surface area contributed by atoms with Gasteiger partial charge in [0.25, 0.3) is 0 Å². The van der Waals surface area contributed by atoms with Gasteiger partial charge in [0.15, 0.2) is 0 Å². The molecule has 0 atom stereocenters. The molecule has 1 aliphatic carbocycles. The van der Waals surface area contributed by atoms with E-state index in [1.54, 1.807) is 18.2 Å². The highest BCUT2D eigenvalue weighted by atomic mass is 35.5. The van der Waals surface area contributed by atoms with Gasteiger partial charge in [0.2, 0.25) is 11.8 Å². The number of nitrogens with one attached hydrogen (secondary N) is 1. The third-order valence-electron chi connectivity index (χ3n) is 5.45. The van der Waals surface area contributed by atoms with Crippen LogP contribution in [0.1, 0.15) is 25.7 Å². The van der Waals surface area contributed by atoms with Crippen molar-refractivity contribution in [3.8, 4) is 0 Å². The minimum absolute atomic E-state index is 0.00566. The first-order valence-electron chi connectivity index (χ1n) is 9.17. The molecule has 2 fully saturated rings. The number of amides is 2. The topological polar surface area (TPSA) is 52.7 Å². The van der Waals surface area contributed by atoms with Crippen LogP contribution in [0.4, 0.5) is 5.69 Å². The summed E-state index contributed by atoms with van der Waals surface area (Å²) in [5, 5.41) is 3.80. The minimum atomic E-state index is -0.0546. The Bertz CT molecular complexity index is 667. The Balaban J connectivity index is 1.49. The van der Waals surface area contributed by atoms with Gasteiger partial charge in [-0.2, -0.15) is 0 Å². The molecule has 0 unspecified atom stereocenters. The van der Waals surface area contributed by atoms with Crippen LogP contribution < -0.4 is 5.32 Å². The van der Waals surface area contributed by atoms with Crippen molar-refractivity contribution < 1.29 is 9.59 Å². The van der Waals surface area contributed by atoms with Crippen molar-refractivity contribution in [3.63, 3.8) is 0 Å². The van der Waals surface area contributed by atoms with Crippen LogP contribution in [0.5, 0.6) is 0 Å². The average molecular weight is 398 g/mol. The van der Waals surface area contributed by atoms with Crippen LogP contribution in [0.25, 0.3) is 0 Å². The fourth-order valence-electron chi connectivity index (χ4n) is 3.71. The lowest BCUT2D eigenvalue weighted by Gasteiger charge is -2.36. The maximum Gasteiger partial charge on any atom is 0.227 e. The molecular formula is C19H25Cl2N3O2. The van der Waals surface area contributed by atoms with Crippen LogP contribution in [0, 0.1) is 11.8 Å². The summed E-state index contributed by atoms with van der Waals surface area (Å²) in [7, 11) is 2.08. The number of carbonyl (C=O) groups is 2. The Labute approximate surface area is 164 Å². The summed E-state index contributed by atoms with van der Waals surface area (Å²) in [5.74, 6) is 0.267. The van der Waals surface area contributed by atoms with Crippen LogP contribution >= 0.6 is 23.2 Å². The van der Waals surface area contributed by atoms with E-state index in [1.807, 2.05) is 4.90 Å². The first kappa shape index (κ1) is 19.5. The fraction of sp³-hybridized carbons (Fsp3) is 0.579. The molecule has 1 aliphatic heterocycles. The molecule has 26 heavy (non-hydrogen) atoms. The van der Waals surface area contributed by atoms with Gasteiger partial charge in [0, 0.05) is 43.7 Å². The molecule has 2 aliphatic rings. The quantitative estimate of drug-likeness (QED) is 0.848. The van der Waals surface area contributed by atoms with Crippen molar-refractivity contribution in [1.82, 2.24) is 9.80 Å². The summed E-state index contributed by atoms with van der Waals surface area (Å²) in [6.45, 7) is 3.50. The lowest BCUT2D eigenvalue weighted by molar-refractivity contribution is -0.139. The molecule has 0 radical (unpaired) electrons. The Morgan fingerprint density at radius 2 is 1.58 bits per heavy atom. The molecule has 142 valence electrons. The molecule has 1 aromatic rings. The molecule has 1 aromatic carbocycles. The Kier molecular flexibility index (Phi) is 6.43. The van der Waals surface area contributed by atoms with Crippen LogP contribution in [-0.2, 0) is 9.59 Å². The summed E-state index contributed by atoms with van der Waals surface area (Å²) in [5.41, 5.74) is 0.653. The zero-order chi connectivity index (χ0) is 18.7. The zero-order valence-corrected chi connectivity index (χ0v) is 16.5. The molecule has 0 spiro atoms. The Morgan fingerprint density at radius 1 is 0.962 bits per heavy atom. The van der Waals surface area contributed by atoms with E-state index in [0.717, 1.165) is 51.9 Å². The second-order valence-corrected chi connectivity index (χ2v) is 8.11. The molecular weight excluding hydrogens is 373 g/mol. The van der Waals surface area contributed by atoms with Gasteiger partial charge in [-0.1, -0.05) is 23.2 Å². The van der Waals surface area contributed by atoms with Crippen molar-refractivity contribution in [2.75, 3.05) is 38.5 Å². The monoisotopic (exact) mass is 397 g/mol. The second-order valence-electron chi connectivity index (χ2n) is 7.30. The number of hydrogen-bond donors (Lipinski definition) is 1. The highest BCUT2D eigenvalue weighted by Crippen LogP contribution is 2.32. The van der Waals surface area contributed by atoms with Gasteiger partial charge in [-0.25, -0.2) is 0 Å². The van der Waals surface area contributed by atoms with Crippen LogP contribution in [0.15, 0.2) is 18.2 Å². The van der Waals surface area contributed by atoms with Gasteiger partial charge in [0.1, 0.15) is 0 Å². The predicted octanol–water partition coefficient (Wildman–Crippen LogP) is 3.51. The van der Waals surface area contributed by atoms with E-state index in [-0.39, 0.29) is 23.7 Å². The van der Waals surface area contributed by atoms with Crippen molar-refractivity contribution in [1.29, 1.82) is 0 Å². The maximum atomic E-state index is 12.7. The molecule has 1 heterocycles. The molecule has 1 N–H and O–H groups in total. The average Bonchev–Trinajstić information content (AvgIpc) is 2.65. The summed E-state index contributed by atoms with van der Waals surface area (Å²) in [4.78, 5) is 29.4. The van der Waals surface area contributed by atoms with Crippen molar-refractivity contribution in [2.45, 2.75) is 25.7 Å². The molecule has 2 amide bonds. The molecule has 0 bridgehead atoms. The largest absolute Gasteiger partial charge is 0.340 e. The van der Waals surface area contributed by atoms with Gasteiger partial charge in [-0.3, -0.25) is 9.59 Å². The number of hydrogen-bond acceptors (Lipinski definition) is 3. The van der Waals surface area contributed by atoms with Gasteiger partial charge in [0.05, 0.1) is 10.0 Å². The molecule has 1 saturated heterocycles. The van der Waals surface area contributed by atoms with Crippen molar-refractivity contribution >= 4 is 40.7 Å². The van der Waals surface area contributed by atoms with Crippen LogP contribution in [-0.4, -0.2) is 54.8 Å². The van der Waals surface area contributed by atoms with E-state index in [4.69, 9.17) is 23.2 Å². The number of nitrogens with zero attached hydrogens (tertiary/aromatic N) is 2. The van der Waals surface area contributed by atoms with Gasteiger partial charge in [-0.15, -0.1) is 0 Å². The Hall–Kier alpha value is -1.30. The number of halogens is 2. The van der Waals surface area contributed by atoms with Gasteiger partial charge in [-0.05, 0) is 50.9 Å². The maximum absolute atomic E-state index is 12.7. The first-order valence-corrected chi connectivity index (χ1v) is 9.93. The number of likely N-dealkylation sites (N-methyl/N-ethyl adjacent to an activating group) is 1. The van der Waals surface area contributed by atoms with E-state index in [2.05, 4.69) is 17.3 Å². The fourth-order valence-corrected chi connectivity index (χ4v) is 4.00. The highest BCUT2D eigenvalue weighted by Gasteiger charge is 2.33. The molecule has 5 nitrogen and oxygen atoms in total. The van der Waals surface area contributed by atoms with E-state index in [1.165, 1.54) is 0 Å². The van der Waals surface area contributed by atoms with Crippen LogP contribution in [0.3, 0.4) is 0 Å². The Morgan fingerprint density at radius 3 is 2.19 bits per heavy atom. The third-order valence-corrected chi connectivity index (χ3v) is 6.19.